The fourth-order valence-electron chi connectivity index (χ4n) is 3.57. The highest BCUT2D eigenvalue weighted by atomic mass is 16.5. The zero-order valence-corrected chi connectivity index (χ0v) is 15.1. The summed E-state index contributed by atoms with van der Waals surface area (Å²) in [6.07, 6.45) is 5.99. The van der Waals surface area contributed by atoms with Gasteiger partial charge in [-0.2, -0.15) is 0 Å². The van der Waals surface area contributed by atoms with Crippen LogP contribution in [0.15, 0.2) is 48.5 Å². The van der Waals surface area contributed by atoms with Crippen LogP contribution in [0.1, 0.15) is 51.0 Å². The van der Waals surface area contributed by atoms with Crippen molar-refractivity contribution in [2.24, 2.45) is 0 Å². The third kappa shape index (κ3) is 4.42. The van der Waals surface area contributed by atoms with Crippen LogP contribution in [0.2, 0.25) is 0 Å². The summed E-state index contributed by atoms with van der Waals surface area (Å²) in [4.78, 5) is 0. The van der Waals surface area contributed by atoms with Crippen LogP contribution in [0.25, 0.3) is 11.1 Å². The number of hydrogen-bond acceptors (Lipinski definition) is 3. The second-order valence-corrected chi connectivity index (χ2v) is 7.15. The lowest BCUT2D eigenvalue weighted by Crippen LogP contribution is -2.34. The van der Waals surface area contributed by atoms with E-state index < -0.39 is 5.60 Å². The van der Waals surface area contributed by atoms with E-state index in [1.807, 2.05) is 24.3 Å². The second kappa shape index (κ2) is 8.03. The summed E-state index contributed by atoms with van der Waals surface area (Å²) in [5.74, 6) is 0. The number of ether oxygens (including phenoxy) is 1. The Morgan fingerprint density at radius 3 is 2.12 bits per heavy atom. The number of nitrogen functional groups attached to an aromatic ring is 1. The molecule has 0 spiro atoms. The highest BCUT2D eigenvalue weighted by Crippen LogP contribution is 2.38. The lowest BCUT2D eigenvalue weighted by atomic mass is 9.78. The number of rotatable bonds is 6. The van der Waals surface area contributed by atoms with E-state index >= 15 is 0 Å². The first-order chi connectivity index (χ1) is 12.1. The summed E-state index contributed by atoms with van der Waals surface area (Å²) in [5.41, 5.74) is 9.10. The zero-order chi connectivity index (χ0) is 17.7. The molecule has 1 fully saturated rings. The third-order valence-corrected chi connectivity index (χ3v) is 5.28. The molecule has 2 aromatic rings. The van der Waals surface area contributed by atoms with Crippen molar-refractivity contribution in [1.82, 2.24) is 0 Å². The molecular formula is C22H29NO2. The van der Waals surface area contributed by atoms with Gasteiger partial charge in [-0.1, -0.05) is 49.7 Å². The summed E-state index contributed by atoms with van der Waals surface area (Å²) in [7, 11) is 0. The van der Waals surface area contributed by atoms with Gasteiger partial charge in [0.15, 0.2) is 0 Å². The summed E-state index contributed by atoms with van der Waals surface area (Å²) < 4.78 is 5.92. The molecule has 134 valence electrons. The van der Waals surface area contributed by atoms with Crippen molar-refractivity contribution in [3.8, 4) is 11.1 Å². The van der Waals surface area contributed by atoms with Crippen LogP contribution in [0.5, 0.6) is 0 Å². The van der Waals surface area contributed by atoms with E-state index in [-0.39, 0.29) is 0 Å². The largest absolute Gasteiger partial charge is 0.399 e. The highest BCUT2D eigenvalue weighted by Gasteiger charge is 2.35. The van der Waals surface area contributed by atoms with Crippen molar-refractivity contribution in [3.63, 3.8) is 0 Å². The molecule has 3 N–H and O–H groups in total. The minimum atomic E-state index is -0.718. The van der Waals surface area contributed by atoms with Crippen LogP contribution < -0.4 is 5.73 Å². The Bertz CT molecular complexity index is 655. The number of hydrogen-bond donors (Lipinski definition) is 2. The molecule has 0 aliphatic heterocycles. The first kappa shape index (κ1) is 18.0. The molecule has 0 aromatic heterocycles. The maximum atomic E-state index is 11.1. The topological polar surface area (TPSA) is 55.5 Å². The molecule has 3 nitrogen and oxygen atoms in total. The van der Waals surface area contributed by atoms with Gasteiger partial charge in [-0.25, -0.2) is 0 Å². The zero-order valence-electron chi connectivity index (χ0n) is 15.1. The van der Waals surface area contributed by atoms with E-state index in [0.29, 0.717) is 6.10 Å². The molecule has 1 aliphatic carbocycles. The van der Waals surface area contributed by atoms with Gasteiger partial charge in [0.05, 0.1) is 11.7 Å². The number of aliphatic hydroxyl groups is 1. The van der Waals surface area contributed by atoms with E-state index in [9.17, 15) is 5.11 Å². The Balaban J connectivity index is 1.63. The number of unbranched alkanes of at least 4 members (excludes halogenated alkanes) is 1. The monoisotopic (exact) mass is 339 g/mol. The molecule has 1 saturated carbocycles. The predicted octanol–water partition coefficient (Wildman–Crippen LogP) is 4.88. The molecule has 3 rings (SSSR count). The van der Waals surface area contributed by atoms with Gasteiger partial charge in [0.25, 0.3) is 0 Å². The molecule has 0 unspecified atom stereocenters. The Kier molecular flexibility index (Phi) is 5.77. The average molecular weight is 339 g/mol. The Hall–Kier alpha value is -1.84. The predicted molar refractivity (Wildman–Crippen MR) is 103 cm³/mol. The average Bonchev–Trinajstić information content (AvgIpc) is 2.64. The number of anilines is 1. The molecule has 25 heavy (non-hydrogen) atoms. The molecule has 0 atom stereocenters. The molecule has 0 bridgehead atoms. The van der Waals surface area contributed by atoms with E-state index in [0.717, 1.165) is 67.5 Å². The molecule has 2 aromatic carbocycles. The summed E-state index contributed by atoms with van der Waals surface area (Å²) >= 11 is 0. The maximum Gasteiger partial charge on any atom is 0.0898 e. The SMILES string of the molecule is CCCCO[C@H]1CC[C@@](O)(c2ccc(-c3ccc(N)cc3)cc2)CC1. The molecule has 0 radical (unpaired) electrons. The van der Waals surface area contributed by atoms with Crippen molar-refractivity contribution in [2.45, 2.75) is 57.2 Å². The Morgan fingerprint density at radius 2 is 1.56 bits per heavy atom. The van der Waals surface area contributed by atoms with Crippen molar-refractivity contribution in [2.75, 3.05) is 12.3 Å². The first-order valence-electron chi connectivity index (χ1n) is 9.41. The quantitative estimate of drug-likeness (QED) is 0.582. The van der Waals surface area contributed by atoms with Gasteiger partial charge in [0.1, 0.15) is 0 Å². The maximum absolute atomic E-state index is 11.1. The minimum Gasteiger partial charge on any atom is -0.399 e. The van der Waals surface area contributed by atoms with Gasteiger partial charge >= 0.3 is 0 Å². The van der Waals surface area contributed by atoms with Crippen LogP contribution in [0.3, 0.4) is 0 Å². The molecule has 1 aliphatic rings. The van der Waals surface area contributed by atoms with E-state index in [4.69, 9.17) is 10.5 Å². The molecule has 0 saturated heterocycles. The lowest BCUT2D eigenvalue weighted by Gasteiger charge is -2.36. The normalized spacial score (nSPS) is 23.5. The van der Waals surface area contributed by atoms with Gasteiger partial charge in [-0.3, -0.25) is 0 Å². The van der Waals surface area contributed by atoms with Crippen LogP contribution >= 0.6 is 0 Å². The fourth-order valence-corrected chi connectivity index (χ4v) is 3.57. The molecule has 0 heterocycles. The third-order valence-electron chi connectivity index (χ3n) is 5.28. The molecule has 0 amide bonds. The number of benzene rings is 2. The van der Waals surface area contributed by atoms with Crippen molar-refractivity contribution >= 4 is 5.69 Å². The van der Waals surface area contributed by atoms with Crippen LogP contribution in [0, 0.1) is 0 Å². The Morgan fingerprint density at radius 1 is 1.00 bits per heavy atom. The summed E-state index contributed by atoms with van der Waals surface area (Å²) in [5, 5.41) is 11.1. The Labute approximate surface area is 150 Å². The van der Waals surface area contributed by atoms with E-state index in [1.54, 1.807) is 0 Å². The van der Waals surface area contributed by atoms with Gasteiger partial charge in [-0.05, 0) is 60.9 Å². The van der Waals surface area contributed by atoms with Crippen LogP contribution in [-0.2, 0) is 10.3 Å². The van der Waals surface area contributed by atoms with Gasteiger partial charge < -0.3 is 15.6 Å². The minimum absolute atomic E-state index is 0.306. The van der Waals surface area contributed by atoms with E-state index in [1.165, 1.54) is 0 Å². The van der Waals surface area contributed by atoms with Gasteiger partial charge in [0, 0.05) is 12.3 Å². The summed E-state index contributed by atoms with van der Waals surface area (Å²) in [6, 6.07) is 16.2. The summed E-state index contributed by atoms with van der Waals surface area (Å²) in [6.45, 7) is 3.02. The highest BCUT2D eigenvalue weighted by molar-refractivity contribution is 5.65. The van der Waals surface area contributed by atoms with Crippen LogP contribution in [0.4, 0.5) is 5.69 Å². The second-order valence-electron chi connectivity index (χ2n) is 7.15. The van der Waals surface area contributed by atoms with E-state index in [2.05, 4.69) is 31.2 Å². The molecular weight excluding hydrogens is 310 g/mol. The van der Waals surface area contributed by atoms with Gasteiger partial charge in [-0.15, -0.1) is 0 Å². The lowest BCUT2D eigenvalue weighted by molar-refractivity contribution is -0.0597. The number of nitrogens with two attached hydrogens (primary N) is 1. The first-order valence-corrected chi connectivity index (χ1v) is 9.41. The van der Waals surface area contributed by atoms with Crippen molar-refractivity contribution < 1.29 is 9.84 Å². The van der Waals surface area contributed by atoms with Crippen molar-refractivity contribution in [3.05, 3.63) is 54.1 Å². The smallest absolute Gasteiger partial charge is 0.0898 e. The van der Waals surface area contributed by atoms with Crippen LogP contribution in [-0.4, -0.2) is 17.8 Å². The van der Waals surface area contributed by atoms with Gasteiger partial charge in [0.2, 0.25) is 0 Å². The van der Waals surface area contributed by atoms with Crippen molar-refractivity contribution in [1.29, 1.82) is 0 Å². The molecule has 3 heteroatoms. The fraction of sp³-hybridized carbons (Fsp3) is 0.455. The standard InChI is InChI=1S/C22H29NO2/c1-2-3-16-25-21-12-14-22(24,15-13-21)19-8-4-17(5-9-19)18-6-10-20(23)11-7-18/h4-11,21,24H,2-3,12-16,23H2,1H3/t21-,22-.